The van der Waals surface area contributed by atoms with Gasteiger partial charge >= 0.3 is 0 Å². The maximum Gasteiger partial charge on any atom is 0.167 e. The van der Waals surface area contributed by atoms with Crippen molar-refractivity contribution >= 4 is 23.2 Å². The maximum absolute atomic E-state index is 12.5. The van der Waals surface area contributed by atoms with E-state index in [0.29, 0.717) is 11.7 Å². The van der Waals surface area contributed by atoms with Gasteiger partial charge in [0, 0.05) is 16.9 Å². The van der Waals surface area contributed by atoms with Gasteiger partial charge in [-0.15, -0.1) is 0 Å². The highest BCUT2D eigenvalue weighted by Crippen LogP contribution is 2.35. The molecule has 0 unspecified atom stereocenters. The van der Waals surface area contributed by atoms with Crippen molar-refractivity contribution in [1.82, 2.24) is 0 Å². The highest BCUT2D eigenvalue weighted by Gasteiger charge is 2.31. The number of thiophene rings is 1. The molecular formula is C18H18OS. The Hall–Kier alpha value is -1.67. The van der Waals surface area contributed by atoms with Crippen LogP contribution in [0.4, 0.5) is 0 Å². The summed E-state index contributed by atoms with van der Waals surface area (Å²) in [6, 6.07) is 12.3. The first-order valence-electron chi connectivity index (χ1n) is 7.14. The molecule has 2 atom stereocenters. The molecule has 1 aliphatic carbocycles. The van der Waals surface area contributed by atoms with E-state index in [9.17, 15) is 4.79 Å². The van der Waals surface area contributed by atoms with Crippen LogP contribution in [0.2, 0.25) is 0 Å². The molecule has 1 aromatic carbocycles. The number of allylic oxidation sites excluding steroid dienone is 1. The number of carbonyl (C=O) groups is 1. The fourth-order valence-electron chi connectivity index (χ4n) is 2.96. The summed E-state index contributed by atoms with van der Waals surface area (Å²) in [6.07, 6.45) is 7.70. The number of hydrogen-bond donors (Lipinski definition) is 0. The Morgan fingerprint density at radius 2 is 2.00 bits per heavy atom. The minimum absolute atomic E-state index is 0.171. The van der Waals surface area contributed by atoms with Gasteiger partial charge < -0.3 is 0 Å². The van der Waals surface area contributed by atoms with Crippen molar-refractivity contribution in [3.8, 4) is 0 Å². The van der Waals surface area contributed by atoms with Gasteiger partial charge in [0.25, 0.3) is 0 Å². The van der Waals surface area contributed by atoms with E-state index in [1.165, 1.54) is 5.56 Å². The van der Waals surface area contributed by atoms with Crippen LogP contribution in [0.3, 0.4) is 0 Å². The van der Waals surface area contributed by atoms with Gasteiger partial charge in [-0.05, 0) is 35.8 Å². The van der Waals surface area contributed by atoms with Gasteiger partial charge in [0.2, 0.25) is 0 Å². The topological polar surface area (TPSA) is 17.1 Å². The molecule has 0 amide bonds. The highest BCUT2D eigenvalue weighted by molar-refractivity contribution is 7.08. The smallest absolute Gasteiger partial charge is 0.167 e. The average molecular weight is 282 g/mol. The molecule has 20 heavy (non-hydrogen) atoms. The standard InChI is InChI=1S/C18H18OS/c19-18(16-11-12-20-13-16)17-8-4-7-15(17)10-9-14-5-2-1-3-6-14/h1-3,5-6,9-13,15,17H,4,7-8H2/b10-9+/t15-,17+/m1/s1. The third-order valence-corrected chi connectivity index (χ3v) is 4.73. The Kier molecular flexibility index (Phi) is 4.12. The lowest BCUT2D eigenvalue weighted by Gasteiger charge is -2.14. The predicted molar refractivity (Wildman–Crippen MR) is 85.0 cm³/mol. The van der Waals surface area contributed by atoms with Gasteiger partial charge in [0.1, 0.15) is 0 Å². The Morgan fingerprint density at radius 3 is 2.75 bits per heavy atom. The second-order valence-electron chi connectivity index (χ2n) is 5.35. The molecule has 0 bridgehead atoms. The average Bonchev–Trinajstić information content (AvgIpc) is 3.17. The molecule has 1 nitrogen and oxygen atoms in total. The molecule has 0 saturated heterocycles. The lowest BCUT2D eigenvalue weighted by molar-refractivity contribution is 0.0905. The largest absolute Gasteiger partial charge is 0.294 e. The summed E-state index contributed by atoms with van der Waals surface area (Å²) >= 11 is 1.60. The van der Waals surface area contributed by atoms with Crippen molar-refractivity contribution in [3.05, 3.63) is 64.4 Å². The lowest BCUT2D eigenvalue weighted by Crippen LogP contribution is -2.17. The van der Waals surface area contributed by atoms with Crippen molar-refractivity contribution in [2.24, 2.45) is 11.8 Å². The van der Waals surface area contributed by atoms with Crippen LogP contribution in [0, 0.1) is 11.8 Å². The van der Waals surface area contributed by atoms with Gasteiger partial charge in [-0.3, -0.25) is 4.79 Å². The minimum Gasteiger partial charge on any atom is -0.294 e. The molecule has 2 aromatic rings. The SMILES string of the molecule is O=C(c1ccsc1)[C@H]1CCC[C@@H]1/C=C/c1ccccc1. The van der Waals surface area contributed by atoms with E-state index in [1.54, 1.807) is 11.3 Å². The van der Waals surface area contributed by atoms with E-state index in [-0.39, 0.29) is 5.92 Å². The van der Waals surface area contributed by atoms with Crippen molar-refractivity contribution in [3.63, 3.8) is 0 Å². The van der Waals surface area contributed by atoms with Crippen molar-refractivity contribution in [2.45, 2.75) is 19.3 Å². The first-order valence-corrected chi connectivity index (χ1v) is 8.08. The molecule has 1 aromatic heterocycles. The third kappa shape index (κ3) is 2.91. The molecule has 102 valence electrons. The number of rotatable bonds is 4. The van der Waals surface area contributed by atoms with Crippen LogP contribution in [-0.2, 0) is 0 Å². The summed E-state index contributed by atoms with van der Waals surface area (Å²) in [7, 11) is 0. The fraction of sp³-hybridized carbons (Fsp3) is 0.278. The minimum atomic E-state index is 0.171. The molecule has 1 saturated carbocycles. The zero-order chi connectivity index (χ0) is 13.8. The fourth-order valence-corrected chi connectivity index (χ4v) is 3.61. The summed E-state index contributed by atoms with van der Waals surface area (Å²) in [5.41, 5.74) is 2.10. The molecule has 2 heteroatoms. The van der Waals surface area contributed by atoms with Gasteiger partial charge in [-0.25, -0.2) is 0 Å². The van der Waals surface area contributed by atoms with Crippen molar-refractivity contribution in [2.75, 3.05) is 0 Å². The van der Waals surface area contributed by atoms with Crippen LogP contribution >= 0.6 is 11.3 Å². The van der Waals surface area contributed by atoms with Crippen LogP contribution in [-0.4, -0.2) is 5.78 Å². The second-order valence-corrected chi connectivity index (χ2v) is 6.13. The Bertz CT molecular complexity index is 583. The first-order chi connectivity index (χ1) is 9.84. The van der Waals surface area contributed by atoms with E-state index in [2.05, 4.69) is 24.3 Å². The normalized spacial score (nSPS) is 22.4. The molecular weight excluding hydrogens is 264 g/mol. The lowest BCUT2D eigenvalue weighted by atomic mass is 9.88. The first kappa shape index (κ1) is 13.3. The summed E-state index contributed by atoms with van der Waals surface area (Å²) in [6.45, 7) is 0. The Morgan fingerprint density at radius 1 is 1.15 bits per heavy atom. The van der Waals surface area contributed by atoms with Gasteiger partial charge in [0.15, 0.2) is 5.78 Å². The van der Waals surface area contributed by atoms with E-state index in [0.717, 1.165) is 24.8 Å². The Labute approximate surface area is 124 Å². The summed E-state index contributed by atoms with van der Waals surface area (Å²) in [4.78, 5) is 12.5. The molecule has 1 aliphatic rings. The monoisotopic (exact) mass is 282 g/mol. The zero-order valence-corrected chi connectivity index (χ0v) is 12.2. The highest BCUT2D eigenvalue weighted by atomic mass is 32.1. The third-order valence-electron chi connectivity index (χ3n) is 4.05. The van der Waals surface area contributed by atoms with E-state index in [1.807, 2.05) is 35.0 Å². The quantitative estimate of drug-likeness (QED) is 0.716. The molecule has 0 aliphatic heterocycles. The molecule has 0 radical (unpaired) electrons. The van der Waals surface area contributed by atoms with Crippen LogP contribution in [0.1, 0.15) is 35.2 Å². The van der Waals surface area contributed by atoms with Crippen molar-refractivity contribution < 1.29 is 4.79 Å². The number of benzene rings is 1. The van der Waals surface area contributed by atoms with Crippen LogP contribution in [0.25, 0.3) is 6.08 Å². The number of hydrogen-bond acceptors (Lipinski definition) is 2. The van der Waals surface area contributed by atoms with Crippen molar-refractivity contribution in [1.29, 1.82) is 0 Å². The Balaban J connectivity index is 1.73. The van der Waals surface area contributed by atoms with Crippen LogP contribution in [0.5, 0.6) is 0 Å². The summed E-state index contributed by atoms with van der Waals surface area (Å²) < 4.78 is 0. The van der Waals surface area contributed by atoms with Gasteiger partial charge in [0.05, 0.1) is 0 Å². The van der Waals surface area contributed by atoms with Gasteiger partial charge in [-0.1, -0.05) is 48.9 Å². The van der Waals surface area contributed by atoms with Gasteiger partial charge in [-0.2, -0.15) is 11.3 Å². The second kappa shape index (κ2) is 6.19. The summed E-state index contributed by atoms with van der Waals surface area (Å²) in [5, 5.41) is 3.95. The molecule has 1 heterocycles. The predicted octanol–water partition coefficient (Wildman–Crippen LogP) is 5.06. The zero-order valence-electron chi connectivity index (χ0n) is 11.4. The van der Waals surface area contributed by atoms with E-state index < -0.39 is 0 Å². The number of Topliss-reactive ketones (excluding diaryl/α,β-unsaturated/α-hetero) is 1. The van der Waals surface area contributed by atoms with Crippen LogP contribution in [0.15, 0.2) is 53.2 Å². The summed E-state index contributed by atoms with van der Waals surface area (Å²) in [5.74, 6) is 0.888. The maximum atomic E-state index is 12.5. The number of carbonyl (C=O) groups excluding carboxylic acids is 1. The number of ketones is 1. The van der Waals surface area contributed by atoms with Crippen LogP contribution < -0.4 is 0 Å². The van der Waals surface area contributed by atoms with E-state index in [4.69, 9.17) is 0 Å². The molecule has 0 spiro atoms. The molecule has 1 fully saturated rings. The molecule has 3 rings (SSSR count). The molecule has 0 N–H and O–H groups in total. The van der Waals surface area contributed by atoms with E-state index >= 15 is 0 Å².